The van der Waals surface area contributed by atoms with Gasteiger partial charge in [0.05, 0.1) is 17.8 Å². The Kier molecular flexibility index (Phi) is 6.37. The third-order valence-electron chi connectivity index (χ3n) is 2.78. The van der Waals surface area contributed by atoms with Gasteiger partial charge in [-0.25, -0.2) is 4.79 Å². The van der Waals surface area contributed by atoms with E-state index in [0.717, 1.165) is 0 Å². The Hall–Kier alpha value is -1.39. The Morgan fingerprint density at radius 2 is 1.67 bits per heavy atom. The SMILES string of the molecule is C[C](COC(C)(C)C)OOC(=O)c1ccc(C(C)C)cc1. The van der Waals surface area contributed by atoms with Crippen LogP contribution in [0.15, 0.2) is 24.3 Å². The summed E-state index contributed by atoms with van der Waals surface area (Å²) in [6, 6.07) is 7.31. The van der Waals surface area contributed by atoms with E-state index >= 15 is 0 Å². The van der Waals surface area contributed by atoms with E-state index in [0.29, 0.717) is 17.6 Å². The van der Waals surface area contributed by atoms with E-state index in [-0.39, 0.29) is 12.2 Å². The van der Waals surface area contributed by atoms with Gasteiger partial charge in [0.25, 0.3) is 0 Å². The fraction of sp³-hybridized carbons (Fsp3) is 0.529. The molecule has 0 aliphatic carbocycles. The van der Waals surface area contributed by atoms with E-state index in [9.17, 15) is 4.79 Å². The van der Waals surface area contributed by atoms with Crippen molar-refractivity contribution in [2.45, 2.75) is 53.1 Å². The largest absolute Gasteiger partial charge is 0.373 e. The molecule has 0 aliphatic heterocycles. The average Bonchev–Trinajstić information content (AvgIpc) is 2.41. The standard InChI is InChI=1S/C17H25O4/c1-12(2)14-7-9-15(10-8-14)16(18)21-20-13(3)11-19-17(4,5)6/h7-10,12H,11H2,1-6H3. The normalized spacial score (nSPS) is 12.0. The zero-order valence-electron chi connectivity index (χ0n) is 13.7. The molecular weight excluding hydrogens is 268 g/mol. The van der Waals surface area contributed by atoms with Gasteiger partial charge >= 0.3 is 5.97 Å². The summed E-state index contributed by atoms with van der Waals surface area (Å²) in [5, 5.41) is 0. The predicted octanol–water partition coefficient (Wildman–Crippen LogP) is 4.27. The fourth-order valence-corrected chi connectivity index (χ4v) is 1.50. The maximum Gasteiger partial charge on any atom is 0.373 e. The van der Waals surface area contributed by atoms with Crippen LogP contribution < -0.4 is 0 Å². The van der Waals surface area contributed by atoms with E-state index in [4.69, 9.17) is 14.5 Å². The molecule has 0 saturated carbocycles. The second kappa shape index (κ2) is 7.57. The molecule has 0 aliphatic rings. The number of carbonyl (C=O) groups excluding carboxylic acids is 1. The molecule has 0 atom stereocenters. The Morgan fingerprint density at radius 1 is 1.10 bits per heavy atom. The highest BCUT2D eigenvalue weighted by Gasteiger charge is 2.16. The lowest BCUT2D eigenvalue weighted by Crippen LogP contribution is -2.23. The van der Waals surface area contributed by atoms with Crippen molar-refractivity contribution < 1.29 is 19.3 Å². The van der Waals surface area contributed by atoms with Gasteiger partial charge in [0.2, 0.25) is 0 Å². The first kappa shape index (κ1) is 17.7. The first-order chi connectivity index (χ1) is 9.69. The second-order valence-corrected chi connectivity index (χ2v) is 6.33. The van der Waals surface area contributed by atoms with E-state index < -0.39 is 5.97 Å². The lowest BCUT2D eigenvalue weighted by molar-refractivity contribution is -0.242. The third-order valence-corrected chi connectivity index (χ3v) is 2.78. The third kappa shape index (κ3) is 6.74. The molecule has 4 nitrogen and oxygen atoms in total. The average molecular weight is 293 g/mol. The maximum atomic E-state index is 11.8. The minimum Gasteiger partial charge on any atom is -0.373 e. The summed E-state index contributed by atoms with van der Waals surface area (Å²) >= 11 is 0. The van der Waals surface area contributed by atoms with Gasteiger partial charge in [-0.05, 0) is 51.3 Å². The van der Waals surface area contributed by atoms with E-state index in [2.05, 4.69) is 13.8 Å². The molecule has 21 heavy (non-hydrogen) atoms. The molecule has 1 aromatic carbocycles. The summed E-state index contributed by atoms with van der Waals surface area (Å²) in [6.07, 6.45) is 0.497. The van der Waals surface area contributed by atoms with Gasteiger partial charge in [0, 0.05) is 0 Å². The van der Waals surface area contributed by atoms with Gasteiger partial charge in [-0.3, -0.25) is 4.89 Å². The van der Waals surface area contributed by atoms with Crippen molar-refractivity contribution in [2.24, 2.45) is 0 Å². The number of ether oxygens (including phenoxy) is 1. The van der Waals surface area contributed by atoms with Crippen LogP contribution in [0.2, 0.25) is 0 Å². The van der Waals surface area contributed by atoms with Crippen LogP contribution in [0.5, 0.6) is 0 Å². The Bertz CT molecular complexity index is 443. The van der Waals surface area contributed by atoms with Crippen molar-refractivity contribution in [3.8, 4) is 0 Å². The molecule has 1 rings (SSSR count). The molecule has 0 N–H and O–H groups in total. The highest BCUT2D eigenvalue weighted by molar-refractivity contribution is 5.88. The summed E-state index contributed by atoms with van der Waals surface area (Å²) in [5.74, 6) is -0.0862. The summed E-state index contributed by atoms with van der Waals surface area (Å²) in [6.45, 7) is 12.0. The topological polar surface area (TPSA) is 44.8 Å². The highest BCUT2D eigenvalue weighted by Crippen LogP contribution is 2.16. The van der Waals surface area contributed by atoms with Gasteiger partial charge in [-0.1, -0.05) is 26.0 Å². The summed E-state index contributed by atoms with van der Waals surface area (Å²) in [7, 11) is 0. The first-order valence-corrected chi connectivity index (χ1v) is 7.14. The Balaban J connectivity index is 2.43. The van der Waals surface area contributed by atoms with Crippen LogP contribution in [-0.2, 0) is 14.5 Å². The van der Waals surface area contributed by atoms with E-state index in [1.165, 1.54) is 5.56 Å². The van der Waals surface area contributed by atoms with Crippen LogP contribution in [-0.4, -0.2) is 18.2 Å². The van der Waals surface area contributed by atoms with Crippen molar-refractivity contribution in [3.05, 3.63) is 41.5 Å². The van der Waals surface area contributed by atoms with E-state index in [1.54, 1.807) is 19.1 Å². The lowest BCUT2D eigenvalue weighted by atomic mass is 10.0. The number of benzene rings is 1. The van der Waals surface area contributed by atoms with Crippen LogP contribution in [0.25, 0.3) is 0 Å². The van der Waals surface area contributed by atoms with Crippen molar-refractivity contribution in [3.63, 3.8) is 0 Å². The van der Waals surface area contributed by atoms with Gasteiger partial charge in [-0.15, -0.1) is 0 Å². The fourth-order valence-electron chi connectivity index (χ4n) is 1.50. The maximum absolute atomic E-state index is 11.8. The van der Waals surface area contributed by atoms with Crippen molar-refractivity contribution in [1.29, 1.82) is 0 Å². The first-order valence-electron chi connectivity index (χ1n) is 7.14. The number of hydrogen-bond acceptors (Lipinski definition) is 4. The zero-order valence-corrected chi connectivity index (χ0v) is 13.7. The van der Waals surface area contributed by atoms with Crippen LogP contribution in [0.1, 0.15) is 63.4 Å². The van der Waals surface area contributed by atoms with Crippen molar-refractivity contribution in [1.82, 2.24) is 0 Å². The zero-order chi connectivity index (χ0) is 16.0. The molecular formula is C17H25O4. The molecule has 0 heterocycles. The Labute approximate surface area is 127 Å². The van der Waals surface area contributed by atoms with Crippen LogP contribution in [0, 0.1) is 6.10 Å². The summed E-state index contributed by atoms with van der Waals surface area (Å²) in [4.78, 5) is 21.6. The molecule has 0 fully saturated rings. The van der Waals surface area contributed by atoms with Crippen LogP contribution >= 0.6 is 0 Å². The molecule has 0 spiro atoms. The molecule has 117 valence electrons. The summed E-state index contributed by atoms with van der Waals surface area (Å²) < 4.78 is 5.52. The highest BCUT2D eigenvalue weighted by atomic mass is 17.2. The molecule has 0 unspecified atom stereocenters. The lowest BCUT2D eigenvalue weighted by Gasteiger charge is -2.21. The van der Waals surface area contributed by atoms with Gasteiger partial charge in [0.15, 0.2) is 6.10 Å². The molecule has 1 radical (unpaired) electrons. The predicted molar refractivity (Wildman–Crippen MR) is 81.7 cm³/mol. The van der Waals surface area contributed by atoms with Gasteiger partial charge < -0.3 is 4.74 Å². The molecule has 4 heteroatoms. The van der Waals surface area contributed by atoms with Crippen molar-refractivity contribution >= 4 is 5.97 Å². The molecule has 0 saturated heterocycles. The van der Waals surface area contributed by atoms with Crippen LogP contribution in [0.4, 0.5) is 0 Å². The number of hydrogen-bond donors (Lipinski definition) is 0. The molecule has 1 aromatic rings. The van der Waals surface area contributed by atoms with Crippen LogP contribution in [0.3, 0.4) is 0 Å². The van der Waals surface area contributed by atoms with Gasteiger partial charge in [0.1, 0.15) is 0 Å². The molecule has 0 bridgehead atoms. The Morgan fingerprint density at radius 3 is 2.14 bits per heavy atom. The second-order valence-electron chi connectivity index (χ2n) is 6.33. The summed E-state index contributed by atoms with van der Waals surface area (Å²) in [5.41, 5.74) is 1.37. The van der Waals surface area contributed by atoms with Crippen molar-refractivity contribution in [2.75, 3.05) is 6.61 Å². The van der Waals surface area contributed by atoms with Gasteiger partial charge in [-0.2, -0.15) is 4.89 Å². The molecule has 0 aromatic heterocycles. The number of rotatable bonds is 6. The van der Waals surface area contributed by atoms with E-state index in [1.807, 2.05) is 32.9 Å². The quantitative estimate of drug-likeness (QED) is 0.580. The smallest absolute Gasteiger partial charge is 0.373 e. The minimum atomic E-state index is -0.514. The number of carbonyl (C=O) groups is 1. The minimum absolute atomic E-state index is 0.263. The molecule has 0 amide bonds. The monoisotopic (exact) mass is 293 g/mol.